The fourth-order valence-corrected chi connectivity index (χ4v) is 4.29. The number of nitrogens with zero attached hydrogens (tertiary/aromatic N) is 3. The Labute approximate surface area is 156 Å². The molecular weight excluding hydrogens is 344 g/mol. The summed E-state index contributed by atoms with van der Waals surface area (Å²) in [5, 5.41) is 4.27. The van der Waals surface area contributed by atoms with Crippen molar-refractivity contribution in [2.75, 3.05) is 0 Å². The summed E-state index contributed by atoms with van der Waals surface area (Å²) in [4.78, 5) is 18.6. The van der Waals surface area contributed by atoms with E-state index >= 15 is 0 Å². The highest BCUT2D eigenvalue weighted by Crippen LogP contribution is 2.29. The summed E-state index contributed by atoms with van der Waals surface area (Å²) in [6, 6.07) is 10.0. The molecule has 0 radical (unpaired) electrons. The van der Waals surface area contributed by atoms with Crippen molar-refractivity contribution < 1.29 is 4.79 Å². The van der Waals surface area contributed by atoms with Crippen LogP contribution in [0.1, 0.15) is 45.4 Å². The molecule has 1 aliphatic carbocycles. The maximum Gasteiger partial charge on any atom is 0.281 e. The molecule has 1 amide bonds. The molecule has 0 saturated carbocycles. The molecule has 4 rings (SSSR count). The third-order valence-corrected chi connectivity index (χ3v) is 5.87. The van der Waals surface area contributed by atoms with Gasteiger partial charge in [-0.05, 0) is 61.9 Å². The Morgan fingerprint density at radius 2 is 2.04 bits per heavy atom. The summed E-state index contributed by atoms with van der Waals surface area (Å²) >= 11 is 1.60. The zero-order valence-electron chi connectivity index (χ0n) is 14.6. The zero-order valence-corrected chi connectivity index (χ0v) is 15.4. The van der Waals surface area contributed by atoms with Crippen molar-refractivity contribution in [2.45, 2.75) is 32.6 Å². The minimum absolute atomic E-state index is 0.126. The molecule has 0 atom stereocenters. The van der Waals surface area contributed by atoms with Gasteiger partial charge in [-0.25, -0.2) is 10.4 Å². The fraction of sp³-hybridized carbons (Fsp3) is 0.250. The number of thiophene rings is 1. The van der Waals surface area contributed by atoms with Crippen LogP contribution in [0.3, 0.4) is 0 Å². The van der Waals surface area contributed by atoms with Crippen LogP contribution in [0.5, 0.6) is 0 Å². The molecule has 0 saturated heterocycles. The van der Waals surface area contributed by atoms with E-state index in [1.54, 1.807) is 23.9 Å². The number of aryl methyl sites for hydroxylation is 2. The van der Waals surface area contributed by atoms with Gasteiger partial charge in [0, 0.05) is 23.0 Å². The van der Waals surface area contributed by atoms with Gasteiger partial charge in [-0.3, -0.25) is 4.79 Å². The van der Waals surface area contributed by atoms with E-state index in [9.17, 15) is 4.79 Å². The number of fused-ring (bicyclic) bond motifs is 1. The first kappa shape index (κ1) is 16.7. The van der Waals surface area contributed by atoms with Crippen molar-refractivity contribution in [3.63, 3.8) is 0 Å². The molecule has 6 heteroatoms. The molecule has 0 unspecified atom stereocenters. The van der Waals surface area contributed by atoms with Gasteiger partial charge in [-0.2, -0.15) is 5.10 Å². The van der Waals surface area contributed by atoms with Crippen LogP contribution in [0.2, 0.25) is 0 Å². The highest BCUT2D eigenvalue weighted by molar-refractivity contribution is 7.14. The summed E-state index contributed by atoms with van der Waals surface area (Å²) in [5.41, 5.74) is 6.81. The van der Waals surface area contributed by atoms with Crippen LogP contribution in [0.25, 0.3) is 5.69 Å². The minimum Gasteiger partial charge on any atom is -0.306 e. The lowest BCUT2D eigenvalue weighted by molar-refractivity contribution is 0.0959. The molecule has 5 nitrogen and oxygen atoms in total. The van der Waals surface area contributed by atoms with Gasteiger partial charge < -0.3 is 4.57 Å². The number of amides is 1. The van der Waals surface area contributed by atoms with E-state index in [1.807, 2.05) is 48.0 Å². The second-order valence-corrected chi connectivity index (χ2v) is 7.56. The number of hydrazone groups is 1. The van der Waals surface area contributed by atoms with E-state index in [0.717, 1.165) is 34.7 Å². The van der Waals surface area contributed by atoms with Gasteiger partial charge in [0.25, 0.3) is 5.91 Å². The summed E-state index contributed by atoms with van der Waals surface area (Å²) in [5.74, 6) is -0.126. The molecule has 2 aromatic heterocycles. The van der Waals surface area contributed by atoms with E-state index in [1.165, 1.54) is 23.3 Å². The van der Waals surface area contributed by atoms with E-state index in [-0.39, 0.29) is 5.91 Å². The number of rotatable bonds is 4. The largest absolute Gasteiger partial charge is 0.306 e. The highest BCUT2D eigenvalue weighted by Gasteiger charge is 2.17. The maximum absolute atomic E-state index is 12.4. The smallest absolute Gasteiger partial charge is 0.281 e. The predicted octanol–water partition coefficient (Wildman–Crippen LogP) is 3.97. The number of imidazole rings is 1. The van der Waals surface area contributed by atoms with Crippen LogP contribution in [0.15, 0.2) is 54.2 Å². The molecule has 1 aromatic carbocycles. The lowest BCUT2D eigenvalue weighted by Crippen LogP contribution is -2.18. The number of benzene rings is 1. The number of hydrogen-bond donors (Lipinski definition) is 1. The van der Waals surface area contributed by atoms with Crippen molar-refractivity contribution in [1.29, 1.82) is 0 Å². The normalized spacial score (nSPS) is 14.1. The molecule has 0 spiro atoms. The third-order valence-electron chi connectivity index (χ3n) is 4.63. The van der Waals surface area contributed by atoms with Gasteiger partial charge in [0.15, 0.2) is 0 Å². The lowest BCUT2D eigenvalue weighted by atomic mass is 9.99. The Bertz CT molecular complexity index is 915. The van der Waals surface area contributed by atoms with Crippen LogP contribution < -0.4 is 5.43 Å². The first-order valence-corrected chi connectivity index (χ1v) is 9.57. The van der Waals surface area contributed by atoms with Gasteiger partial charge >= 0.3 is 0 Å². The predicted molar refractivity (Wildman–Crippen MR) is 104 cm³/mol. The Balaban J connectivity index is 1.44. The van der Waals surface area contributed by atoms with E-state index in [4.69, 9.17) is 0 Å². The van der Waals surface area contributed by atoms with Crippen molar-refractivity contribution in [3.05, 3.63) is 69.9 Å². The molecule has 2 heterocycles. The average molecular weight is 364 g/mol. The van der Waals surface area contributed by atoms with Crippen molar-refractivity contribution in [2.24, 2.45) is 5.10 Å². The Hall–Kier alpha value is -2.73. The Kier molecular flexibility index (Phi) is 4.67. The number of aromatic nitrogens is 2. The second-order valence-electron chi connectivity index (χ2n) is 6.42. The van der Waals surface area contributed by atoms with E-state index < -0.39 is 0 Å². The third kappa shape index (κ3) is 3.46. The van der Waals surface area contributed by atoms with E-state index in [0.29, 0.717) is 0 Å². The molecule has 1 aliphatic rings. The maximum atomic E-state index is 12.4. The van der Waals surface area contributed by atoms with Crippen LogP contribution >= 0.6 is 11.3 Å². The number of carbonyl (C=O) groups is 1. The minimum atomic E-state index is -0.126. The van der Waals surface area contributed by atoms with Gasteiger partial charge in [-0.15, -0.1) is 11.3 Å². The number of nitrogens with one attached hydrogen (secondary N) is 1. The fourth-order valence-electron chi connectivity index (χ4n) is 3.14. The van der Waals surface area contributed by atoms with Gasteiger partial charge in [-0.1, -0.05) is 12.1 Å². The molecule has 0 aliphatic heterocycles. The van der Waals surface area contributed by atoms with Gasteiger partial charge in [0.2, 0.25) is 0 Å². The molecule has 0 bridgehead atoms. The lowest BCUT2D eigenvalue weighted by Gasteiger charge is -2.08. The average Bonchev–Trinajstić information content (AvgIpc) is 3.35. The SMILES string of the molecule is C/C(=N\NC(=O)c1cc2c(s1)CCCC2)c1ccc(-n2ccnc2)cc1. The topological polar surface area (TPSA) is 59.3 Å². The Morgan fingerprint density at radius 3 is 2.77 bits per heavy atom. The molecule has 3 aromatic rings. The number of carbonyl (C=O) groups excluding carboxylic acids is 1. The number of hydrogen-bond acceptors (Lipinski definition) is 4. The highest BCUT2D eigenvalue weighted by atomic mass is 32.1. The molecule has 26 heavy (non-hydrogen) atoms. The van der Waals surface area contributed by atoms with Crippen LogP contribution in [-0.2, 0) is 12.8 Å². The van der Waals surface area contributed by atoms with Gasteiger partial charge in [0.05, 0.1) is 16.9 Å². The standard InChI is InChI=1S/C20H20N4OS/c1-14(15-6-8-17(9-7-15)24-11-10-21-13-24)22-23-20(25)19-12-16-4-2-3-5-18(16)26-19/h6-13H,2-5H2,1H3,(H,23,25)/b22-14+. The van der Waals surface area contributed by atoms with Crippen LogP contribution in [0, 0.1) is 0 Å². The molecular formula is C20H20N4OS. The summed E-state index contributed by atoms with van der Waals surface area (Å²) in [7, 11) is 0. The van der Waals surface area contributed by atoms with Crippen molar-refractivity contribution in [3.8, 4) is 5.69 Å². The zero-order chi connectivity index (χ0) is 17.9. The van der Waals surface area contributed by atoms with Crippen LogP contribution in [0.4, 0.5) is 0 Å². The van der Waals surface area contributed by atoms with Crippen molar-refractivity contribution >= 4 is 23.0 Å². The Morgan fingerprint density at radius 1 is 1.23 bits per heavy atom. The second kappa shape index (κ2) is 7.25. The van der Waals surface area contributed by atoms with Crippen LogP contribution in [-0.4, -0.2) is 21.2 Å². The van der Waals surface area contributed by atoms with Crippen molar-refractivity contribution in [1.82, 2.24) is 15.0 Å². The van der Waals surface area contributed by atoms with Gasteiger partial charge in [0.1, 0.15) is 0 Å². The summed E-state index contributed by atoms with van der Waals surface area (Å²) in [6.45, 7) is 1.89. The molecule has 132 valence electrons. The summed E-state index contributed by atoms with van der Waals surface area (Å²) < 4.78 is 1.94. The molecule has 1 N–H and O–H groups in total. The summed E-state index contributed by atoms with van der Waals surface area (Å²) in [6.07, 6.45) is 10.0. The monoisotopic (exact) mass is 364 g/mol. The quantitative estimate of drug-likeness (QED) is 0.562. The van der Waals surface area contributed by atoms with E-state index in [2.05, 4.69) is 15.5 Å². The first-order valence-electron chi connectivity index (χ1n) is 8.76. The first-order chi connectivity index (χ1) is 12.7. The molecule has 0 fully saturated rings.